The fraction of sp³-hybridized carbons (Fsp3) is 0.600. The van der Waals surface area contributed by atoms with Gasteiger partial charge in [0.2, 0.25) is 0 Å². The minimum absolute atomic E-state index is 0.458. The number of halogens is 1. The third-order valence-corrected chi connectivity index (χ3v) is 6.92. The van der Waals surface area contributed by atoms with Gasteiger partial charge < -0.3 is 0 Å². The van der Waals surface area contributed by atoms with Crippen molar-refractivity contribution in [2.75, 3.05) is 11.5 Å². The Hall–Kier alpha value is 0.400. The summed E-state index contributed by atoms with van der Waals surface area (Å²) < 4.78 is 1.22. The average Bonchev–Trinajstić information content (AvgIpc) is 2.64. The molecule has 18 heavy (non-hydrogen) atoms. The van der Waals surface area contributed by atoms with Crippen LogP contribution in [0.5, 0.6) is 0 Å². The van der Waals surface area contributed by atoms with Gasteiger partial charge in [-0.05, 0) is 52.1 Å². The van der Waals surface area contributed by atoms with Gasteiger partial charge in [0, 0.05) is 15.1 Å². The van der Waals surface area contributed by atoms with Crippen LogP contribution in [0.3, 0.4) is 0 Å². The molecule has 1 saturated carbocycles. The highest BCUT2D eigenvalue weighted by atomic mass is 79.9. The Kier molecular flexibility index (Phi) is 5.96. The van der Waals surface area contributed by atoms with Crippen molar-refractivity contribution in [2.45, 2.75) is 43.4 Å². The Bertz CT molecular complexity index is 371. The Morgan fingerprint density at radius 2 is 1.78 bits per heavy atom. The van der Waals surface area contributed by atoms with E-state index < -0.39 is 0 Å². The molecule has 0 N–H and O–H groups in total. The molecule has 0 saturated heterocycles. The second-order valence-corrected chi connectivity index (χ2v) is 7.48. The van der Waals surface area contributed by atoms with Crippen LogP contribution in [0.4, 0.5) is 0 Å². The molecule has 3 heteroatoms. The number of hydrogen-bond donors (Lipinski definition) is 1. The lowest BCUT2D eigenvalue weighted by Crippen LogP contribution is -2.25. The Morgan fingerprint density at radius 1 is 1.11 bits per heavy atom. The lowest BCUT2D eigenvalue weighted by Gasteiger charge is -2.31. The van der Waals surface area contributed by atoms with Crippen LogP contribution in [-0.2, 0) is 0 Å². The maximum Gasteiger partial charge on any atom is 0.0311 e. The third-order valence-electron chi connectivity index (χ3n) is 3.87. The molecule has 0 nitrogen and oxygen atoms in total. The van der Waals surface area contributed by atoms with Crippen molar-refractivity contribution >= 4 is 40.3 Å². The van der Waals surface area contributed by atoms with Gasteiger partial charge in [-0.3, -0.25) is 0 Å². The summed E-state index contributed by atoms with van der Waals surface area (Å²) in [6.45, 7) is 0. The highest BCUT2D eigenvalue weighted by Gasteiger charge is 2.29. The molecule has 0 atom stereocenters. The fourth-order valence-corrected chi connectivity index (χ4v) is 5.06. The lowest BCUT2D eigenvalue weighted by molar-refractivity contribution is 0.332. The van der Waals surface area contributed by atoms with E-state index in [1.807, 2.05) is 11.8 Å². The van der Waals surface area contributed by atoms with Gasteiger partial charge in [0.15, 0.2) is 0 Å². The van der Waals surface area contributed by atoms with Crippen molar-refractivity contribution in [2.24, 2.45) is 5.41 Å². The van der Waals surface area contributed by atoms with Crippen LogP contribution in [0.2, 0.25) is 0 Å². The Labute approximate surface area is 129 Å². The summed E-state index contributed by atoms with van der Waals surface area (Å²) in [5.74, 6) is 2.24. The fourth-order valence-electron chi connectivity index (χ4n) is 2.62. The zero-order valence-corrected chi connectivity index (χ0v) is 14.0. The second kappa shape index (κ2) is 7.25. The van der Waals surface area contributed by atoms with E-state index in [0.29, 0.717) is 5.41 Å². The predicted octanol–water partition coefficient (Wildman–Crippen LogP) is 5.81. The van der Waals surface area contributed by atoms with E-state index in [4.69, 9.17) is 0 Å². The standard InChI is InChI=1S/C15H21BrS2/c16-13-7-3-4-8-14(13)18-12-15(11-17)9-5-1-2-6-10-15/h3-4,7-8,17H,1-2,5-6,9-12H2. The lowest BCUT2D eigenvalue weighted by atomic mass is 9.84. The van der Waals surface area contributed by atoms with Crippen LogP contribution < -0.4 is 0 Å². The summed E-state index contributed by atoms with van der Waals surface area (Å²) in [5, 5.41) is 0. The van der Waals surface area contributed by atoms with E-state index >= 15 is 0 Å². The molecule has 1 aromatic rings. The molecule has 1 aliphatic carbocycles. The summed E-state index contributed by atoms with van der Waals surface area (Å²) in [6.07, 6.45) is 8.31. The number of hydrogen-bond acceptors (Lipinski definition) is 2. The monoisotopic (exact) mass is 344 g/mol. The van der Waals surface area contributed by atoms with Gasteiger partial charge >= 0.3 is 0 Å². The topological polar surface area (TPSA) is 0 Å². The number of rotatable bonds is 4. The zero-order chi connectivity index (χ0) is 12.8. The first-order chi connectivity index (χ1) is 8.76. The minimum Gasteiger partial charge on any atom is -0.179 e. The smallest absolute Gasteiger partial charge is 0.0311 e. The van der Waals surface area contributed by atoms with E-state index in [0.717, 1.165) is 5.75 Å². The molecule has 0 radical (unpaired) electrons. The van der Waals surface area contributed by atoms with Gasteiger partial charge in [-0.15, -0.1) is 11.8 Å². The van der Waals surface area contributed by atoms with Crippen LogP contribution in [0.25, 0.3) is 0 Å². The van der Waals surface area contributed by atoms with Gasteiger partial charge in [0.1, 0.15) is 0 Å². The van der Waals surface area contributed by atoms with Gasteiger partial charge in [-0.1, -0.05) is 37.8 Å². The van der Waals surface area contributed by atoms with Crippen LogP contribution in [0.1, 0.15) is 38.5 Å². The van der Waals surface area contributed by atoms with Gasteiger partial charge in [-0.2, -0.15) is 12.6 Å². The Morgan fingerprint density at radius 3 is 2.39 bits per heavy atom. The molecule has 1 aliphatic rings. The molecular formula is C15H21BrS2. The third kappa shape index (κ3) is 3.94. The number of thiol groups is 1. The second-order valence-electron chi connectivity index (χ2n) is 5.29. The maximum absolute atomic E-state index is 4.64. The number of thioether (sulfide) groups is 1. The molecule has 2 rings (SSSR count). The molecule has 0 aliphatic heterocycles. The molecule has 0 amide bonds. The summed E-state index contributed by atoms with van der Waals surface area (Å²) in [7, 11) is 0. The van der Waals surface area contributed by atoms with Crippen molar-refractivity contribution in [1.29, 1.82) is 0 Å². The van der Waals surface area contributed by atoms with E-state index in [-0.39, 0.29) is 0 Å². The van der Waals surface area contributed by atoms with Crippen LogP contribution in [0.15, 0.2) is 33.6 Å². The highest BCUT2D eigenvalue weighted by molar-refractivity contribution is 9.10. The van der Waals surface area contributed by atoms with Gasteiger partial charge in [0.25, 0.3) is 0 Å². The molecule has 100 valence electrons. The van der Waals surface area contributed by atoms with Crippen molar-refractivity contribution in [3.63, 3.8) is 0 Å². The van der Waals surface area contributed by atoms with Crippen LogP contribution >= 0.6 is 40.3 Å². The van der Waals surface area contributed by atoms with Crippen LogP contribution in [0, 0.1) is 5.41 Å². The normalized spacial score (nSPS) is 19.4. The molecule has 0 spiro atoms. The SMILES string of the molecule is SCC1(CSc2ccccc2Br)CCCCCC1. The molecule has 0 heterocycles. The summed E-state index contributed by atoms with van der Waals surface area (Å²) in [4.78, 5) is 1.36. The highest BCUT2D eigenvalue weighted by Crippen LogP contribution is 2.41. The summed E-state index contributed by atoms with van der Waals surface area (Å²) in [6, 6.07) is 8.53. The first kappa shape index (κ1) is 14.8. The summed E-state index contributed by atoms with van der Waals surface area (Å²) >= 11 is 10.3. The molecule has 0 bridgehead atoms. The van der Waals surface area contributed by atoms with Gasteiger partial charge in [-0.25, -0.2) is 0 Å². The molecule has 0 unspecified atom stereocenters. The van der Waals surface area contributed by atoms with E-state index in [1.165, 1.54) is 53.6 Å². The molecule has 1 aromatic carbocycles. The minimum atomic E-state index is 0.458. The average molecular weight is 345 g/mol. The van der Waals surface area contributed by atoms with Gasteiger partial charge in [0.05, 0.1) is 0 Å². The quantitative estimate of drug-likeness (QED) is 0.408. The molecule has 1 fully saturated rings. The van der Waals surface area contributed by atoms with Crippen LogP contribution in [-0.4, -0.2) is 11.5 Å². The van der Waals surface area contributed by atoms with E-state index in [2.05, 4.69) is 52.8 Å². The van der Waals surface area contributed by atoms with Crippen molar-refractivity contribution in [3.8, 4) is 0 Å². The van der Waals surface area contributed by atoms with E-state index in [9.17, 15) is 0 Å². The molecular weight excluding hydrogens is 324 g/mol. The first-order valence-electron chi connectivity index (χ1n) is 6.74. The predicted molar refractivity (Wildman–Crippen MR) is 88.9 cm³/mol. The summed E-state index contributed by atoms with van der Waals surface area (Å²) in [5.41, 5.74) is 0.458. The largest absolute Gasteiger partial charge is 0.179 e. The van der Waals surface area contributed by atoms with Crippen molar-refractivity contribution < 1.29 is 0 Å². The first-order valence-corrected chi connectivity index (χ1v) is 9.15. The molecule has 0 aromatic heterocycles. The maximum atomic E-state index is 4.64. The van der Waals surface area contributed by atoms with E-state index in [1.54, 1.807) is 0 Å². The Balaban J connectivity index is 2.00. The van der Waals surface area contributed by atoms with Crippen molar-refractivity contribution in [1.82, 2.24) is 0 Å². The number of benzene rings is 1. The van der Waals surface area contributed by atoms with Crippen molar-refractivity contribution in [3.05, 3.63) is 28.7 Å². The zero-order valence-electron chi connectivity index (χ0n) is 10.7.